The second-order valence-electron chi connectivity index (χ2n) is 13.6. The molecule has 0 fully saturated rings. The summed E-state index contributed by atoms with van der Waals surface area (Å²) >= 11 is 0. The SMILES string of the molecule is CC1(C)c2ccccc2-c2cc3c(Nc4cccc(-c5ccccc5)c4)c4ccccc4c(Nc4cccc(-c5ccccc5)c4)c3cc21. The first-order valence-corrected chi connectivity index (χ1v) is 17.0. The maximum absolute atomic E-state index is 3.93. The maximum Gasteiger partial charge on any atom is 0.0545 e. The van der Waals surface area contributed by atoms with Crippen LogP contribution in [0.15, 0.2) is 170 Å². The Morgan fingerprint density at radius 3 is 1.39 bits per heavy atom. The molecule has 0 spiro atoms. The summed E-state index contributed by atoms with van der Waals surface area (Å²) in [6.07, 6.45) is 0. The van der Waals surface area contributed by atoms with E-state index in [1.165, 1.54) is 66.1 Å². The van der Waals surface area contributed by atoms with E-state index >= 15 is 0 Å². The van der Waals surface area contributed by atoms with Crippen molar-refractivity contribution < 1.29 is 0 Å². The third-order valence-electron chi connectivity index (χ3n) is 10.2. The van der Waals surface area contributed by atoms with Gasteiger partial charge >= 0.3 is 0 Å². The zero-order valence-corrected chi connectivity index (χ0v) is 27.7. The van der Waals surface area contributed by atoms with Gasteiger partial charge in [0.25, 0.3) is 0 Å². The number of benzene rings is 8. The number of anilines is 4. The molecule has 0 bridgehead atoms. The van der Waals surface area contributed by atoms with Crippen molar-refractivity contribution in [3.05, 3.63) is 181 Å². The number of hydrogen-bond donors (Lipinski definition) is 2. The van der Waals surface area contributed by atoms with E-state index in [0.717, 1.165) is 22.7 Å². The van der Waals surface area contributed by atoms with Crippen LogP contribution in [-0.4, -0.2) is 0 Å². The van der Waals surface area contributed by atoms with Crippen LogP contribution in [0.1, 0.15) is 25.0 Å². The Labute approximate surface area is 287 Å². The van der Waals surface area contributed by atoms with Crippen molar-refractivity contribution in [1.29, 1.82) is 0 Å². The third kappa shape index (κ3) is 4.96. The van der Waals surface area contributed by atoms with Gasteiger partial charge in [0.1, 0.15) is 0 Å². The molecule has 0 amide bonds. The van der Waals surface area contributed by atoms with E-state index in [0.29, 0.717) is 0 Å². The average molecular weight is 629 g/mol. The lowest BCUT2D eigenvalue weighted by Gasteiger charge is -2.24. The van der Waals surface area contributed by atoms with Gasteiger partial charge in [-0.3, -0.25) is 0 Å². The van der Waals surface area contributed by atoms with Crippen molar-refractivity contribution in [2.75, 3.05) is 10.6 Å². The van der Waals surface area contributed by atoms with Gasteiger partial charge in [-0.05, 0) is 80.9 Å². The molecule has 234 valence electrons. The van der Waals surface area contributed by atoms with Crippen molar-refractivity contribution in [2.45, 2.75) is 19.3 Å². The lowest BCUT2D eigenvalue weighted by atomic mass is 9.81. The van der Waals surface area contributed by atoms with Crippen LogP contribution in [0.4, 0.5) is 22.7 Å². The molecule has 1 aliphatic rings. The minimum atomic E-state index is -0.117. The third-order valence-corrected chi connectivity index (χ3v) is 10.2. The number of fused-ring (bicyclic) bond motifs is 5. The van der Waals surface area contributed by atoms with E-state index < -0.39 is 0 Å². The predicted octanol–water partition coefficient (Wildman–Crippen LogP) is 13.1. The van der Waals surface area contributed by atoms with Crippen molar-refractivity contribution in [1.82, 2.24) is 0 Å². The van der Waals surface area contributed by atoms with E-state index in [9.17, 15) is 0 Å². The molecule has 2 N–H and O–H groups in total. The van der Waals surface area contributed by atoms with E-state index in [1.807, 2.05) is 0 Å². The average Bonchev–Trinajstić information content (AvgIpc) is 3.38. The zero-order valence-electron chi connectivity index (χ0n) is 27.7. The predicted molar refractivity (Wildman–Crippen MR) is 209 cm³/mol. The second-order valence-corrected chi connectivity index (χ2v) is 13.6. The summed E-state index contributed by atoms with van der Waals surface area (Å²) in [5.74, 6) is 0. The van der Waals surface area contributed by atoms with Crippen LogP contribution in [-0.2, 0) is 5.41 Å². The van der Waals surface area contributed by atoms with Gasteiger partial charge in [0.05, 0.1) is 11.4 Å². The van der Waals surface area contributed by atoms with Crippen molar-refractivity contribution in [2.24, 2.45) is 0 Å². The number of hydrogen-bond acceptors (Lipinski definition) is 2. The summed E-state index contributed by atoms with van der Waals surface area (Å²) in [6.45, 7) is 4.71. The van der Waals surface area contributed by atoms with E-state index in [2.05, 4.69) is 194 Å². The van der Waals surface area contributed by atoms with Crippen LogP contribution in [0.25, 0.3) is 54.9 Å². The van der Waals surface area contributed by atoms with Crippen LogP contribution >= 0.6 is 0 Å². The lowest BCUT2D eigenvalue weighted by molar-refractivity contribution is 0.661. The molecule has 49 heavy (non-hydrogen) atoms. The molecule has 0 heterocycles. The Morgan fingerprint density at radius 1 is 0.347 bits per heavy atom. The molecule has 9 rings (SSSR count). The molecule has 0 unspecified atom stereocenters. The molecule has 0 atom stereocenters. The van der Waals surface area contributed by atoms with Crippen LogP contribution < -0.4 is 10.6 Å². The first kappa shape index (κ1) is 29.1. The van der Waals surface area contributed by atoms with Crippen LogP contribution in [0.3, 0.4) is 0 Å². The van der Waals surface area contributed by atoms with Gasteiger partial charge in [-0.2, -0.15) is 0 Å². The van der Waals surface area contributed by atoms with Crippen molar-refractivity contribution in [3.8, 4) is 33.4 Å². The minimum Gasteiger partial charge on any atom is -0.354 e. The number of rotatable bonds is 6. The topological polar surface area (TPSA) is 24.1 Å². The molecular formula is C47H36N2. The van der Waals surface area contributed by atoms with Gasteiger partial charge in [0, 0.05) is 38.3 Å². The van der Waals surface area contributed by atoms with Crippen molar-refractivity contribution in [3.63, 3.8) is 0 Å². The van der Waals surface area contributed by atoms with Gasteiger partial charge in [0.15, 0.2) is 0 Å². The maximum atomic E-state index is 3.93. The van der Waals surface area contributed by atoms with Gasteiger partial charge < -0.3 is 10.6 Å². The molecule has 0 aliphatic heterocycles. The molecule has 0 radical (unpaired) electrons. The van der Waals surface area contributed by atoms with Crippen LogP contribution in [0, 0.1) is 0 Å². The minimum absolute atomic E-state index is 0.117. The van der Waals surface area contributed by atoms with Gasteiger partial charge in [0.2, 0.25) is 0 Å². The summed E-state index contributed by atoms with van der Waals surface area (Å²) in [4.78, 5) is 0. The summed E-state index contributed by atoms with van der Waals surface area (Å²) in [7, 11) is 0. The normalized spacial score (nSPS) is 12.9. The summed E-state index contributed by atoms with van der Waals surface area (Å²) in [5, 5.41) is 12.6. The Bertz CT molecular complexity index is 2510. The summed E-state index contributed by atoms with van der Waals surface area (Å²) in [5.41, 5.74) is 14.4. The molecule has 8 aromatic carbocycles. The summed E-state index contributed by atoms with van der Waals surface area (Å²) < 4.78 is 0. The highest BCUT2D eigenvalue weighted by Gasteiger charge is 2.36. The zero-order chi connectivity index (χ0) is 33.0. The molecule has 0 saturated heterocycles. The van der Waals surface area contributed by atoms with E-state index in [-0.39, 0.29) is 5.41 Å². The van der Waals surface area contributed by atoms with E-state index in [1.54, 1.807) is 0 Å². The van der Waals surface area contributed by atoms with Gasteiger partial charge in [-0.25, -0.2) is 0 Å². The monoisotopic (exact) mass is 628 g/mol. The summed E-state index contributed by atoms with van der Waals surface area (Å²) in [6, 6.07) is 61.2. The van der Waals surface area contributed by atoms with Crippen molar-refractivity contribution >= 4 is 44.3 Å². The molecule has 2 heteroatoms. The molecule has 1 aliphatic carbocycles. The molecule has 0 saturated carbocycles. The quantitative estimate of drug-likeness (QED) is 0.141. The largest absolute Gasteiger partial charge is 0.354 e. The van der Waals surface area contributed by atoms with Crippen LogP contribution in [0.2, 0.25) is 0 Å². The fraction of sp³-hybridized carbons (Fsp3) is 0.0638. The second kappa shape index (κ2) is 11.5. The molecule has 8 aromatic rings. The molecule has 2 nitrogen and oxygen atoms in total. The van der Waals surface area contributed by atoms with Gasteiger partial charge in [-0.1, -0.05) is 147 Å². The highest BCUT2D eigenvalue weighted by atomic mass is 14.9. The Hall–Kier alpha value is -6.12. The fourth-order valence-corrected chi connectivity index (χ4v) is 7.74. The Morgan fingerprint density at radius 2 is 0.816 bits per heavy atom. The first-order chi connectivity index (χ1) is 24.0. The molecule has 0 aromatic heterocycles. The van der Waals surface area contributed by atoms with Crippen LogP contribution in [0.5, 0.6) is 0 Å². The Balaban J connectivity index is 1.28. The van der Waals surface area contributed by atoms with E-state index in [4.69, 9.17) is 0 Å². The fourth-order valence-electron chi connectivity index (χ4n) is 7.74. The first-order valence-electron chi connectivity index (χ1n) is 17.0. The Kier molecular flexibility index (Phi) is 6.84. The highest BCUT2D eigenvalue weighted by Crippen LogP contribution is 2.53. The van der Waals surface area contributed by atoms with Gasteiger partial charge in [-0.15, -0.1) is 0 Å². The standard InChI is InChI=1S/C47H36N2/c1-47(2)43-26-12-11-23-37(43)40-29-41-42(30-44(40)47)46(49-36-22-14-20-34(28-36)32-17-7-4-8-18-32)39-25-10-9-24-38(39)45(41)48-35-21-13-19-33(27-35)31-15-5-3-6-16-31/h3-30,48-49H,1-2H3. The highest BCUT2D eigenvalue weighted by molar-refractivity contribution is 6.22. The smallest absolute Gasteiger partial charge is 0.0545 e. The number of nitrogens with one attached hydrogen (secondary N) is 2. The lowest BCUT2D eigenvalue weighted by Crippen LogP contribution is -2.15. The molecular weight excluding hydrogens is 593 g/mol.